The second-order valence-corrected chi connectivity index (χ2v) is 7.27. The van der Waals surface area contributed by atoms with E-state index in [2.05, 4.69) is 20.8 Å². The number of nitrogens with one attached hydrogen (secondary N) is 2. The van der Waals surface area contributed by atoms with E-state index in [4.69, 9.17) is 0 Å². The summed E-state index contributed by atoms with van der Waals surface area (Å²) in [6, 6.07) is 9.07. The smallest absolute Gasteiger partial charge is 0.277 e. The van der Waals surface area contributed by atoms with E-state index in [-0.39, 0.29) is 11.5 Å². The number of hydrogen-bond acceptors (Lipinski definition) is 7. The van der Waals surface area contributed by atoms with Crippen molar-refractivity contribution in [2.24, 2.45) is 0 Å². The van der Waals surface area contributed by atoms with Crippen molar-refractivity contribution in [3.05, 3.63) is 62.5 Å². The Labute approximate surface area is 162 Å². The molecule has 0 aliphatic rings. The van der Waals surface area contributed by atoms with E-state index in [1.54, 1.807) is 34.9 Å². The molecule has 2 N–H and O–H groups in total. The van der Waals surface area contributed by atoms with Crippen LogP contribution < -0.4 is 16.4 Å². The van der Waals surface area contributed by atoms with Gasteiger partial charge in [-0.3, -0.25) is 25.0 Å². The lowest BCUT2D eigenvalue weighted by Gasteiger charge is -2.13. The highest BCUT2D eigenvalue weighted by Crippen LogP contribution is 2.25. The van der Waals surface area contributed by atoms with Crippen molar-refractivity contribution in [1.29, 1.82) is 0 Å². The molecule has 0 saturated carbocycles. The molecule has 0 atom stereocenters. The first-order chi connectivity index (χ1) is 13.2. The lowest BCUT2D eigenvalue weighted by atomic mass is 10.2. The molecule has 4 rings (SSSR count). The number of hydrazine groups is 1. The van der Waals surface area contributed by atoms with E-state index < -0.39 is 5.91 Å². The summed E-state index contributed by atoms with van der Waals surface area (Å²) in [6.45, 7) is 2.27. The Morgan fingerprint density at radius 1 is 1.19 bits per heavy atom. The maximum absolute atomic E-state index is 12.6. The van der Waals surface area contributed by atoms with Gasteiger partial charge in [-0.15, -0.1) is 11.3 Å². The normalized spacial score (nSPS) is 10.9. The van der Waals surface area contributed by atoms with Crippen molar-refractivity contribution >= 4 is 45.4 Å². The van der Waals surface area contributed by atoms with Crippen molar-refractivity contribution in [3.63, 3.8) is 0 Å². The highest BCUT2D eigenvalue weighted by molar-refractivity contribution is 7.14. The molecule has 4 aromatic rings. The molecular formula is C18H15N5O2S2. The number of rotatable bonds is 5. The van der Waals surface area contributed by atoms with Gasteiger partial charge in [0.25, 0.3) is 11.5 Å². The number of carbonyl (C=O) groups excluding carboxylic acids is 1. The van der Waals surface area contributed by atoms with Crippen LogP contribution in [0.5, 0.6) is 0 Å². The second-order valence-electron chi connectivity index (χ2n) is 5.63. The van der Waals surface area contributed by atoms with Crippen LogP contribution in [0.1, 0.15) is 17.4 Å². The molecule has 0 saturated heterocycles. The molecule has 0 bridgehead atoms. The standard InChI is InChI=1S/C18H15N5O2S2/c1-2-23-17(25)12-5-3-4-6-13(12)20-18(23)22-21-15(24)14-10-27-16(19-14)11-7-8-26-9-11/h3-10H,2H2,1H3,(H,20,22)(H,21,24). The van der Waals surface area contributed by atoms with E-state index in [9.17, 15) is 9.59 Å². The fourth-order valence-electron chi connectivity index (χ4n) is 2.63. The number of thiophene rings is 1. The summed E-state index contributed by atoms with van der Waals surface area (Å²) < 4.78 is 1.47. The Morgan fingerprint density at radius 2 is 2.04 bits per heavy atom. The van der Waals surface area contributed by atoms with Gasteiger partial charge in [0.2, 0.25) is 5.95 Å². The Balaban J connectivity index is 1.56. The topological polar surface area (TPSA) is 88.9 Å². The molecule has 1 aromatic carbocycles. The number of fused-ring (bicyclic) bond motifs is 1. The third-order valence-corrected chi connectivity index (χ3v) is 5.55. The van der Waals surface area contributed by atoms with E-state index in [0.717, 1.165) is 10.6 Å². The maximum Gasteiger partial charge on any atom is 0.289 e. The van der Waals surface area contributed by atoms with Gasteiger partial charge in [-0.2, -0.15) is 11.3 Å². The van der Waals surface area contributed by atoms with Crippen LogP contribution in [0.2, 0.25) is 0 Å². The van der Waals surface area contributed by atoms with Crippen LogP contribution in [0.4, 0.5) is 5.95 Å². The molecule has 0 spiro atoms. The third-order valence-electron chi connectivity index (χ3n) is 3.97. The van der Waals surface area contributed by atoms with Gasteiger partial charge in [0, 0.05) is 22.9 Å². The molecule has 0 aliphatic heterocycles. The number of amides is 1. The molecule has 0 fully saturated rings. The van der Waals surface area contributed by atoms with Crippen LogP contribution in [0.25, 0.3) is 21.5 Å². The molecule has 3 aromatic heterocycles. The summed E-state index contributed by atoms with van der Waals surface area (Å²) in [6.07, 6.45) is 0. The van der Waals surface area contributed by atoms with E-state index in [0.29, 0.717) is 23.1 Å². The third kappa shape index (κ3) is 3.34. The maximum atomic E-state index is 12.6. The van der Waals surface area contributed by atoms with E-state index in [1.165, 1.54) is 15.9 Å². The monoisotopic (exact) mass is 397 g/mol. The van der Waals surface area contributed by atoms with Gasteiger partial charge in [-0.1, -0.05) is 12.1 Å². The van der Waals surface area contributed by atoms with Gasteiger partial charge in [-0.25, -0.2) is 9.97 Å². The van der Waals surface area contributed by atoms with Crippen molar-refractivity contribution in [1.82, 2.24) is 20.0 Å². The molecule has 3 heterocycles. The minimum Gasteiger partial charge on any atom is -0.277 e. The van der Waals surface area contributed by atoms with Gasteiger partial charge in [0.1, 0.15) is 10.7 Å². The second kappa shape index (κ2) is 7.29. The lowest BCUT2D eigenvalue weighted by molar-refractivity contribution is 0.0958. The zero-order valence-corrected chi connectivity index (χ0v) is 15.9. The first-order valence-corrected chi connectivity index (χ1v) is 10.0. The number of benzene rings is 1. The summed E-state index contributed by atoms with van der Waals surface area (Å²) >= 11 is 2.98. The Kier molecular flexibility index (Phi) is 4.69. The predicted molar refractivity (Wildman–Crippen MR) is 108 cm³/mol. The number of nitrogens with zero attached hydrogens (tertiary/aromatic N) is 3. The van der Waals surface area contributed by atoms with E-state index >= 15 is 0 Å². The fourth-order valence-corrected chi connectivity index (χ4v) is 4.14. The number of anilines is 1. The lowest BCUT2D eigenvalue weighted by Crippen LogP contribution is -2.34. The zero-order valence-electron chi connectivity index (χ0n) is 14.3. The Morgan fingerprint density at radius 3 is 2.81 bits per heavy atom. The predicted octanol–water partition coefficient (Wildman–Crippen LogP) is 3.36. The van der Waals surface area contributed by atoms with Gasteiger partial charge in [0.05, 0.1) is 10.9 Å². The van der Waals surface area contributed by atoms with Gasteiger partial charge >= 0.3 is 0 Å². The minimum atomic E-state index is -0.391. The number of hydrogen-bond donors (Lipinski definition) is 2. The molecule has 1 amide bonds. The van der Waals surface area contributed by atoms with Crippen molar-refractivity contribution in [2.75, 3.05) is 5.43 Å². The van der Waals surface area contributed by atoms with Crippen LogP contribution in [-0.2, 0) is 6.54 Å². The van der Waals surface area contributed by atoms with Gasteiger partial charge < -0.3 is 0 Å². The average molecular weight is 397 g/mol. The molecule has 0 aliphatic carbocycles. The molecule has 9 heteroatoms. The highest BCUT2D eigenvalue weighted by Gasteiger charge is 2.14. The number of thiazole rings is 1. The summed E-state index contributed by atoms with van der Waals surface area (Å²) in [5, 5.41) is 6.97. The Hall–Kier alpha value is -3.04. The zero-order chi connectivity index (χ0) is 18.8. The summed E-state index contributed by atoms with van der Waals surface area (Å²) in [4.78, 5) is 33.8. The van der Waals surface area contributed by atoms with Crippen molar-refractivity contribution in [3.8, 4) is 10.6 Å². The quantitative estimate of drug-likeness (QED) is 0.504. The van der Waals surface area contributed by atoms with Gasteiger partial charge in [0.15, 0.2) is 0 Å². The number of aromatic nitrogens is 3. The van der Waals surface area contributed by atoms with Crippen molar-refractivity contribution < 1.29 is 4.79 Å². The molecule has 0 unspecified atom stereocenters. The van der Waals surface area contributed by atoms with Crippen LogP contribution in [0.3, 0.4) is 0 Å². The molecular weight excluding hydrogens is 382 g/mol. The van der Waals surface area contributed by atoms with E-state index in [1.807, 2.05) is 29.8 Å². The van der Waals surface area contributed by atoms with Gasteiger partial charge in [-0.05, 0) is 30.5 Å². The summed E-state index contributed by atoms with van der Waals surface area (Å²) in [5.74, 6) is -0.111. The first-order valence-electron chi connectivity index (χ1n) is 8.21. The molecule has 7 nitrogen and oxygen atoms in total. The largest absolute Gasteiger partial charge is 0.289 e. The first kappa shape index (κ1) is 17.4. The molecule has 136 valence electrons. The fraction of sp³-hybridized carbons (Fsp3) is 0.111. The highest BCUT2D eigenvalue weighted by atomic mass is 32.1. The SMILES string of the molecule is CCn1c(NNC(=O)c2csc(-c3ccsc3)n2)nc2ccccc2c1=O. The van der Waals surface area contributed by atoms with Crippen LogP contribution >= 0.6 is 22.7 Å². The number of carbonyl (C=O) groups is 1. The molecule has 0 radical (unpaired) electrons. The van der Waals surface area contributed by atoms with Crippen molar-refractivity contribution in [2.45, 2.75) is 13.5 Å². The minimum absolute atomic E-state index is 0.159. The Bertz CT molecular complexity index is 1160. The summed E-state index contributed by atoms with van der Waals surface area (Å²) in [7, 11) is 0. The van der Waals surface area contributed by atoms with Crippen LogP contribution in [-0.4, -0.2) is 20.4 Å². The van der Waals surface area contributed by atoms with Crippen LogP contribution in [0.15, 0.2) is 51.3 Å². The van der Waals surface area contributed by atoms with Crippen LogP contribution in [0, 0.1) is 0 Å². The number of para-hydroxylation sites is 1. The average Bonchev–Trinajstić information content (AvgIpc) is 3.37. The molecule has 27 heavy (non-hydrogen) atoms. The summed E-state index contributed by atoms with van der Waals surface area (Å²) in [5.41, 5.74) is 7.04.